The van der Waals surface area contributed by atoms with E-state index in [1.165, 1.54) is 18.3 Å². The quantitative estimate of drug-likeness (QED) is 0.598. The molecule has 0 unspecified atom stereocenters. The van der Waals surface area contributed by atoms with Crippen LogP contribution >= 0.6 is 22.7 Å². The fourth-order valence-electron chi connectivity index (χ4n) is 2.45. The molecule has 0 aliphatic carbocycles. The van der Waals surface area contributed by atoms with Crippen molar-refractivity contribution in [1.82, 2.24) is 9.88 Å². The first-order chi connectivity index (χ1) is 12.0. The second-order valence-electron chi connectivity index (χ2n) is 5.73. The van der Waals surface area contributed by atoms with Crippen LogP contribution in [-0.2, 0) is 13.1 Å². The van der Waals surface area contributed by atoms with Gasteiger partial charge >= 0.3 is 0 Å². The number of carbonyl (C=O) groups is 2. The lowest BCUT2D eigenvalue weighted by Gasteiger charge is -2.22. The molecule has 1 amide bonds. The first-order valence-electron chi connectivity index (χ1n) is 7.87. The van der Waals surface area contributed by atoms with Crippen LogP contribution in [0.5, 0.6) is 0 Å². The summed E-state index contributed by atoms with van der Waals surface area (Å²) in [5.41, 5.74) is 3.82. The van der Waals surface area contributed by atoms with Gasteiger partial charge in [-0.1, -0.05) is 30.3 Å². The highest BCUT2D eigenvalue weighted by Crippen LogP contribution is 2.23. The Morgan fingerprint density at radius 3 is 2.36 bits per heavy atom. The normalized spacial score (nSPS) is 10.6. The highest BCUT2D eigenvalue weighted by molar-refractivity contribution is 7.16. The Hall–Kier alpha value is -2.31. The Morgan fingerprint density at radius 1 is 1.04 bits per heavy atom. The van der Waals surface area contributed by atoms with Crippen molar-refractivity contribution in [3.05, 3.63) is 73.9 Å². The van der Waals surface area contributed by atoms with Crippen molar-refractivity contribution in [3.8, 4) is 0 Å². The average molecular weight is 370 g/mol. The molecule has 1 aromatic carbocycles. The van der Waals surface area contributed by atoms with Crippen molar-refractivity contribution >= 4 is 34.4 Å². The van der Waals surface area contributed by atoms with Gasteiger partial charge in [-0.3, -0.25) is 9.59 Å². The number of thiophene rings is 1. The Morgan fingerprint density at radius 2 is 1.76 bits per heavy atom. The minimum atomic E-state index is -0.0610. The molecule has 25 heavy (non-hydrogen) atoms. The molecule has 0 atom stereocenters. The molecule has 0 bridgehead atoms. The lowest BCUT2D eigenvalue weighted by Crippen LogP contribution is -2.29. The Kier molecular flexibility index (Phi) is 5.40. The van der Waals surface area contributed by atoms with Crippen LogP contribution < -0.4 is 0 Å². The monoisotopic (exact) mass is 370 g/mol. The van der Waals surface area contributed by atoms with Gasteiger partial charge in [0.25, 0.3) is 5.91 Å². The van der Waals surface area contributed by atoms with E-state index in [2.05, 4.69) is 4.98 Å². The maximum Gasteiger partial charge on any atom is 0.264 e. The summed E-state index contributed by atoms with van der Waals surface area (Å²) >= 11 is 2.81. The highest BCUT2D eigenvalue weighted by atomic mass is 32.1. The number of thiazole rings is 1. The third kappa shape index (κ3) is 4.21. The lowest BCUT2D eigenvalue weighted by atomic mass is 10.2. The number of benzene rings is 1. The largest absolute Gasteiger partial charge is 0.328 e. The van der Waals surface area contributed by atoms with E-state index < -0.39 is 0 Å². The number of hydrogen-bond donors (Lipinski definition) is 0. The van der Waals surface area contributed by atoms with Gasteiger partial charge in [-0.25, -0.2) is 4.98 Å². The Balaban J connectivity index is 1.87. The van der Waals surface area contributed by atoms with Gasteiger partial charge in [-0.05, 0) is 31.5 Å². The number of aryl methyl sites for hydroxylation is 1. The van der Waals surface area contributed by atoms with E-state index in [4.69, 9.17) is 0 Å². The molecule has 128 valence electrons. The summed E-state index contributed by atoms with van der Waals surface area (Å²) in [6, 6.07) is 13.4. The van der Waals surface area contributed by atoms with Crippen LogP contribution in [0.1, 0.15) is 42.4 Å². The number of hydrogen-bond acceptors (Lipinski definition) is 5. The molecule has 0 N–H and O–H groups in total. The van der Waals surface area contributed by atoms with Crippen molar-refractivity contribution < 1.29 is 9.59 Å². The summed E-state index contributed by atoms with van der Waals surface area (Å²) in [5.74, 6) is -0.0777. The van der Waals surface area contributed by atoms with E-state index in [0.29, 0.717) is 22.8 Å². The smallest absolute Gasteiger partial charge is 0.264 e. The topological polar surface area (TPSA) is 50.3 Å². The highest BCUT2D eigenvalue weighted by Gasteiger charge is 2.20. The van der Waals surface area contributed by atoms with Crippen LogP contribution in [0.3, 0.4) is 0 Å². The van der Waals surface area contributed by atoms with E-state index in [1.807, 2.05) is 42.2 Å². The van der Waals surface area contributed by atoms with Crippen LogP contribution in [0.15, 0.2) is 48.0 Å². The molecule has 2 aromatic heterocycles. The molecule has 0 aliphatic heterocycles. The molecule has 0 saturated heterocycles. The maximum atomic E-state index is 13.0. The van der Waals surface area contributed by atoms with Gasteiger partial charge in [0.1, 0.15) is 0 Å². The molecule has 3 rings (SSSR count). The number of nitrogens with zero attached hydrogens (tertiary/aromatic N) is 2. The van der Waals surface area contributed by atoms with Gasteiger partial charge in [0.15, 0.2) is 5.78 Å². The summed E-state index contributed by atoms with van der Waals surface area (Å²) in [4.78, 5) is 32.9. The zero-order valence-electron chi connectivity index (χ0n) is 14.1. The summed E-state index contributed by atoms with van der Waals surface area (Å²) < 4.78 is 0. The lowest BCUT2D eigenvalue weighted by molar-refractivity contribution is 0.0736. The van der Waals surface area contributed by atoms with Crippen molar-refractivity contribution in [2.45, 2.75) is 26.9 Å². The van der Waals surface area contributed by atoms with Gasteiger partial charge < -0.3 is 4.90 Å². The first kappa shape index (κ1) is 17.5. The molecule has 0 saturated carbocycles. The molecule has 6 heteroatoms. The van der Waals surface area contributed by atoms with Crippen molar-refractivity contribution in [1.29, 1.82) is 0 Å². The standard InChI is InChI=1S/C19H18N2O2S2/c1-13-18(24-12-20-13)11-21(10-15-6-4-3-5-7-15)19(23)17-9-8-16(25-17)14(2)22/h3-9,12H,10-11H2,1-2H3. The van der Waals surface area contributed by atoms with Crippen molar-refractivity contribution in [2.24, 2.45) is 0 Å². The zero-order chi connectivity index (χ0) is 17.8. The van der Waals surface area contributed by atoms with Crippen LogP contribution in [0, 0.1) is 6.92 Å². The molecule has 0 radical (unpaired) electrons. The van der Waals surface area contributed by atoms with Crippen LogP contribution in [0.4, 0.5) is 0 Å². The number of amides is 1. The molecule has 0 spiro atoms. The van der Waals surface area contributed by atoms with Crippen LogP contribution in [-0.4, -0.2) is 21.6 Å². The van der Waals surface area contributed by atoms with Crippen LogP contribution in [0.2, 0.25) is 0 Å². The number of ketones is 1. The van der Waals surface area contributed by atoms with Crippen LogP contribution in [0.25, 0.3) is 0 Å². The molecular formula is C19H18N2O2S2. The van der Waals surface area contributed by atoms with E-state index in [-0.39, 0.29) is 11.7 Å². The van der Waals surface area contributed by atoms with Gasteiger partial charge in [0, 0.05) is 11.4 Å². The molecule has 3 aromatic rings. The molecule has 0 aliphatic rings. The third-order valence-electron chi connectivity index (χ3n) is 3.85. The fourth-order valence-corrected chi connectivity index (χ4v) is 4.11. The maximum absolute atomic E-state index is 13.0. The molecule has 4 nitrogen and oxygen atoms in total. The van der Waals surface area contributed by atoms with E-state index >= 15 is 0 Å². The minimum Gasteiger partial charge on any atom is -0.328 e. The number of Topliss-reactive ketones (excluding diaryl/α,β-unsaturated/α-hetero) is 1. The van der Waals surface area contributed by atoms with Gasteiger partial charge in [0.2, 0.25) is 0 Å². The Labute approximate surface area is 154 Å². The average Bonchev–Trinajstić information content (AvgIpc) is 3.24. The molecule has 2 heterocycles. The number of carbonyl (C=O) groups excluding carboxylic acids is 2. The summed E-state index contributed by atoms with van der Waals surface area (Å²) in [7, 11) is 0. The number of rotatable bonds is 6. The summed E-state index contributed by atoms with van der Waals surface area (Å²) in [6.07, 6.45) is 0. The SMILES string of the molecule is CC(=O)c1ccc(C(=O)N(Cc2ccccc2)Cc2scnc2C)s1. The van der Waals surface area contributed by atoms with Gasteiger partial charge in [-0.2, -0.15) is 0 Å². The van der Waals surface area contributed by atoms with E-state index in [1.54, 1.807) is 29.0 Å². The predicted octanol–water partition coefficient (Wildman–Crippen LogP) is 4.56. The first-order valence-corrected chi connectivity index (χ1v) is 9.57. The summed E-state index contributed by atoms with van der Waals surface area (Å²) in [6.45, 7) is 4.50. The second kappa shape index (κ2) is 7.72. The Bertz CT molecular complexity index is 884. The minimum absolute atomic E-state index is 0.0167. The number of aromatic nitrogens is 1. The predicted molar refractivity (Wildman–Crippen MR) is 101 cm³/mol. The second-order valence-corrected chi connectivity index (χ2v) is 7.75. The van der Waals surface area contributed by atoms with Crippen molar-refractivity contribution in [3.63, 3.8) is 0 Å². The fraction of sp³-hybridized carbons (Fsp3) is 0.211. The van der Waals surface area contributed by atoms with E-state index in [9.17, 15) is 9.59 Å². The molecule has 0 fully saturated rings. The van der Waals surface area contributed by atoms with Crippen molar-refractivity contribution in [2.75, 3.05) is 0 Å². The summed E-state index contributed by atoms with van der Waals surface area (Å²) in [5, 5.41) is 0. The van der Waals surface area contributed by atoms with E-state index in [0.717, 1.165) is 16.1 Å². The van der Waals surface area contributed by atoms with Gasteiger partial charge in [0.05, 0.1) is 27.5 Å². The third-order valence-corrected chi connectivity index (χ3v) is 5.94. The molecular weight excluding hydrogens is 352 g/mol. The zero-order valence-corrected chi connectivity index (χ0v) is 15.7. The van der Waals surface area contributed by atoms with Gasteiger partial charge in [-0.15, -0.1) is 22.7 Å².